The molecule has 0 atom stereocenters. The van der Waals surface area contributed by atoms with Gasteiger partial charge in [-0.15, -0.1) is 0 Å². The average Bonchev–Trinajstić information content (AvgIpc) is 2.73. The number of ether oxygens (including phenoxy) is 2. The maximum absolute atomic E-state index is 12.9. The summed E-state index contributed by atoms with van der Waals surface area (Å²) in [6.07, 6.45) is -4.53. The number of carbonyl (C=O) groups is 1. The van der Waals surface area contributed by atoms with Gasteiger partial charge < -0.3 is 9.47 Å². The molecule has 0 N–H and O–H groups in total. The van der Waals surface area contributed by atoms with E-state index < -0.39 is 17.7 Å². The van der Waals surface area contributed by atoms with Gasteiger partial charge >= 0.3 is 12.1 Å². The Morgan fingerprint density at radius 2 is 1.21 bits per heavy atom. The van der Waals surface area contributed by atoms with E-state index in [2.05, 4.69) is 13.8 Å². The first-order chi connectivity index (χ1) is 15.3. The molecule has 0 amide bonds. The molecule has 0 fully saturated rings. The summed E-state index contributed by atoms with van der Waals surface area (Å²) in [6, 6.07) is 19.0. The Morgan fingerprint density at radius 3 is 1.70 bits per heavy atom. The van der Waals surface area contributed by atoms with Gasteiger partial charge in [-0.25, -0.2) is 4.79 Å². The summed E-state index contributed by atoms with van der Waals surface area (Å²) in [7, 11) is 0. The van der Waals surface area contributed by atoms with Gasteiger partial charge in [-0.1, -0.05) is 44.2 Å². The highest BCUT2D eigenvalue weighted by atomic mass is 19.4. The highest BCUT2D eigenvalue weighted by Gasteiger charge is 2.31. The lowest BCUT2D eigenvalue weighted by Gasteiger charge is -2.27. The van der Waals surface area contributed by atoms with Gasteiger partial charge in [0.15, 0.2) is 0 Å². The van der Waals surface area contributed by atoms with E-state index in [0.29, 0.717) is 0 Å². The second-order valence-corrected chi connectivity index (χ2v) is 9.36. The lowest BCUT2D eigenvalue weighted by molar-refractivity contribution is -0.137. The van der Waals surface area contributed by atoms with E-state index in [4.69, 9.17) is 9.47 Å². The van der Waals surface area contributed by atoms with E-state index in [0.717, 1.165) is 29.0 Å². The number of benzene rings is 3. The fourth-order valence-electron chi connectivity index (χ4n) is 3.39. The zero-order valence-corrected chi connectivity index (χ0v) is 19.3. The first kappa shape index (κ1) is 24.4. The number of carbonyl (C=O) groups excluding carboxylic acids is 1. The van der Waals surface area contributed by atoms with Gasteiger partial charge in [0, 0.05) is 5.41 Å². The lowest BCUT2D eigenvalue weighted by atomic mass is 9.78. The molecule has 0 heterocycles. The first-order valence-electron chi connectivity index (χ1n) is 10.6. The molecule has 3 aromatic carbocycles. The Hall–Kier alpha value is -3.28. The van der Waals surface area contributed by atoms with Gasteiger partial charge in [0.25, 0.3) is 0 Å². The minimum Gasteiger partial charge on any atom is -0.488 e. The summed E-state index contributed by atoms with van der Waals surface area (Å²) in [5.74, 6) is 0.201. The van der Waals surface area contributed by atoms with E-state index in [1.807, 2.05) is 57.2 Å². The van der Waals surface area contributed by atoms with Crippen LogP contribution in [0.3, 0.4) is 0 Å². The molecule has 0 bridgehead atoms. The van der Waals surface area contributed by atoms with Crippen LogP contribution in [-0.4, -0.2) is 11.6 Å². The van der Waals surface area contributed by atoms with Crippen molar-refractivity contribution in [2.75, 3.05) is 0 Å². The molecule has 0 saturated carbocycles. The van der Waals surface area contributed by atoms with Gasteiger partial charge in [0.1, 0.15) is 17.1 Å². The molecule has 6 heteroatoms. The highest BCUT2D eigenvalue weighted by molar-refractivity contribution is 5.91. The van der Waals surface area contributed by atoms with Gasteiger partial charge in [0.2, 0.25) is 0 Å². The molecule has 0 aliphatic rings. The number of alkyl halides is 3. The van der Waals surface area contributed by atoms with E-state index in [1.54, 1.807) is 12.1 Å². The third-order valence-corrected chi connectivity index (χ3v) is 5.21. The summed E-state index contributed by atoms with van der Waals surface area (Å²) in [5, 5.41) is 0. The third-order valence-electron chi connectivity index (χ3n) is 5.21. The van der Waals surface area contributed by atoms with Crippen LogP contribution in [0.15, 0.2) is 72.8 Å². The second kappa shape index (κ2) is 8.93. The lowest BCUT2D eigenvalue weighted by Crippen LogP contribution is -2.23. The standard InChI is InChI=1S/C27H27F3O3/c1-25(2,3)33-23-15-11-20(12-16-23)26(4,5)19-9-13-22(14-10-19)32-24(31)18-7-6-8-21(17-18)27(28,29)30/h6-17H,1-5H3. The van der Waals surface area contributed by atoms with Crippen molar-refractivity contribution in [2.45, 2.75) is 51.8 Å². The van der Waals surface area contributed by atoms with Crippen LogP contribution in [0, 0.1) is 0 Å². The molecule has 3 aromatic rings. The topological polar surface area (TPSA) is 35.5 Å². The predicted molar refractivity (Wildman–Crippen MR) is 122 cm³/mol. The number of esters is 1. The quantitative estimate of drug-likeness (QED) is 0.296. The Kier molecular flexibility index (Phi) is 6.59. The van der Waals surface area contributed by atoms with E-state index >= 15 is 0 Å². The van der Waals surface area contributed by atoms with Crippen molar-refractivity contribution in [3.05, 3.63) is 95.1 Å². The van der Waals surface area contributed by atoms with E-state index in [-0.39, 0.29) is 22.3 Å². The van der Waals surface area contributed by atoms with Gasteiger partial charge in [0.05, 0.1) is 11.1 Å². The zero-order valence-electron chi connectivity index (χ0n) is 19.3. The van der Waals surface area contributed by atoms with E-state index in [1.165, 1.54) is 12.1 Å². The molecular formula is C27H27F3O3. The third kappa shape index (κ3) is 6.15. The Bertz CT molecular complexity index is 1110. The zero-order chi connectivity index (χ0) is 24.4. The molecule has 3 rings (SSSR count). The van der Waals surface area contributed by atoms with Crippen LogP contribution in [0.25, 0.3) is 0 Å². The van der Waals surface area contributed by atoms with Crippen LogP contribution in [0.2, 0.25) is 0 Å². The van der Waals surface area contributed by atoms with Crippen LogP contribution < -0.4 is 9.47 Å². The smallest absolute Gasteiger partial charge is 0.416 e. The minimum atomic E-state index is -4.53. The summed E-state index contributed by atoms with van der Waals surface area (Å²) >= 11 is 0. The molecule has 33 heavy (non-hydrogen) atoms. The van der Waals surface area contributed by atoms with Crippen LogP contribution in [0.5, 0.6) is 11.5 Å². The number of halogens is 3. The summed E-state index contributed by atoms with van der Waals surface area (Å²) < 4.78 is 49.8. The Morgan fingerprint density at radius 1 is 0.697 bits per heavy atom. The van der Waals surface area contributed by atoms with Gasteiger partial charge in [-0.2, -0.15) is 13.2 Å². The molecule has 0 aliphatic carbocycles. The van der Waals surface area contributed by atoms with Gasteiger partial charge in [-0.05, 0) is 74.4 Å². The van der Waals surface area contributed by atoms with Crippen LogP contribution in [-0.2, 0) is 11.6 Å². The van der Waals surface area contributed by atoms with Crippen molar-refractivity contribution in [3.8, 4) is 11.5 Å². The van der Waals surface area contributed by atoms with Crippen molar-refractivity contribution in [1.29, 1.82) is 0 Å². The molecule has 0 aliphatic heterocycles. The second-order valence-electron chi connectivity index (χ2n) is 9.36. The molecular weight excluding hydrogens is 429 g/mol. The first-order valence-corrected chi connectivity index (χ1v) is 10.6. The monoisotopic (exact) mass is 456 g/mol. The molecule has 174 valence electrons. The largest absolute Gasteiger partial charge is 0.488 e. The van der Waals surface area contributed by atoms with Crippen molar-refractivity contribution in [2.24, 2.45) is 0 Å². The molecule has 0 saturated heterocycles. The Labute approximate surface area is 192 Å². The summed E-state index contributed by atoms with van der Waals surface area (Å²) in [6.45, 7) is 10.1. The molecule has 0 unspecified atom stereocenters. The minimum absolute atomic E-state index is 0.160. The summed E-state index contributed by atoms with van der Waals surface area (Å²) in [5.41, 5.74) is 0.408. The maximum atomic E-state index is 12.9. The van der Waals surface area contributed by atoms with Crippen molar-refractivity contribution in [1.82, 2.24) is 0 Å². The average molecular weight is 457 g/mol. The van der Waals surface area contributed by atoms with Crippen LogP contribution in [0.1, 0.15) is 61.7 Å². The SMILES string of the molecule is CC(C)(C)Oc1ccc(C(C)(C)c2ccc(OC(=O)c3cccc(C(F)(F)F)c3)cc2)cc1. The number of hydrogen-bond donors (Lipinski definition) is 0. The van der Waals surface area contributed by atoms with Crippen molar-refractivity contribution >= 4 is 5.97 Å². The molecule has 0 aromatic heterocycles. The fraction of sp³-hybridized carbons (Fsp3) is 0.296. The normalized spacial score (nSPS) is 12.4. The van der Waals surface area contributed by atoms with E-state index in [9.17, 15) is 18.0 Å². The number of rotatable bonds is 5. The molecule has 3 nitrogen and oxygen atoms in total. The van der Waals surface area contributed by atoms with Crippen molar-refractivity contribution in [3.63, 3.8) is 0 Å². The van der Waals surface area contributed by atoms with Gasteiger partial charge in [-0.3, -0.25) is 0 Å². The number of hydrogen-bond acceptors (Lipinski definition) is 3. The van der Waals surface area contributed by atoms with Crippen LogP contribution in [0.4, 0.5) is 13.2 Å². The highest BCUT2D eigenvalue weighted by Crippen LogP contribution is 2.34. The fourth-order valence-corrected chi connectivity index (χ4v) is 3.39. The summed E-state index contributed by atoms with van der Waals surface area (Å²) in [4.78, 5) is 12.3. The molecule has 0 spiro atoms. The Balaban J connectivity index is 1.73. The van der Waals surface area contributed by atoms with Crippen molar-refractivity contribution < 1.29 is 27.4 Å². The predicted octanol–water partition coefficient (Wildman–Crippen LogP) is 7.43. The van der Waals surface area contributed by atoms with Crippen LogP contribution >= 0.6 is 0 Å². The molecule has 0 radical (unpaired) electrons. The maximum Gasteiger partial charge on any atom is 0.416 e.